The Labute approximate surface area is 204 Å². The Morgan fingerprint density at radius 2 is 1.65 bits per heavy atom. The van der Waals surface area contributed by atoms with E-state index in [1.54, 1.807) is 42.2 Å². The summed E-state index contributed by atoms with van der Waals surface area (Å²) in [5.74, 6) is -0.359. The van der Waals surface area contributed by atoms with E-state index in [1.165, 1.54) is 11.4 Å². The zero-order chi connectivity index (χ0) is 25.1. The lowest BCUT2D eigenvalue weighted by Gasteiger charge is -2.29. The van der Waals surface area contributed by atoms with Crippen molar-refractivity contribution in [1.82, 2.24) is 14.5 Å². The van der Waals surface area contributed by atoms with Gasteiger partial charge in [-0.25, -0.2) is 12.7 Å². The number of hydrogen-bond donors (Lipinski definition) is 1. The van der Waals surface area contributed by atoms with Gasteiger partial charge >= 0.3 is 0 Å². The van der Waals surface area contributed by atoms with Gasteiger partial charge in [0.15, 0.2) is 0 Å². The van der Waals surface area contributed by atoms with E-state index >= 15 is 0 Å². The van der Waals surface area contributed by atoms with Crippen molar-refractivity contribution in [2.45, 2.75) is 63.9 Å². The van der Waals surface area contributed by atoms with Crippen molar-refractivity contribution in [3.8, 4) is 0 Å². The van der Waals surface area contributed by atoms with Crippen molar-refractivity contribution in [3.05, 3.63) is 65.7 Å². The molecule has 8 heteroatoms. The normalized spacial score (nSPS) is 12.4. The van der Waals surface area contributed by atoms with Gasteiger partial charge in [0.25, 0.3) is 0 Å². The second-order valence-corrected chi connectivity index (χ2v) is 10.6. The van der Waals surface area contributed by atoms with E-state index in [0.717, 1.165) is 24.0 Å². The summed E-state index contributed by atoms with van der Waals surface area (Å²) in [7, 11) is -2.09. The van der Waals surface area contributed by atoms with Gasteiger partial charge in [0.05, 0.1) is 4.90 Å². The van der Waals surface area contributed by atoms with Gasteiger partial charge in [-0.15, -0.1) is 0 Å². The molecule has 2 aromatic carbocycles. The van der Waals surface area contributed by atoms with Crippen LogP contribution in [0.4, 0.5) is 0 Å². The maximum absolute atomic E-state index is 13.2. The first-order valence-electron chi connectivity index (χ1n) is 11.8. The standard InChI is InChI=1S/C26H37N3O4S/c1-5-6-18-27-26(31)22(3)29(20-23-16-14-21(2)15-17-23)25(30)13-10-19-28(4)34(32,33)24-11-8-7-9-12-24/h7-9,11-12,14-17,22H,5-6,10,13,18-20H2,1-4H3,(H,27,31)/t22-/m1/s1. The first-order chi connectivity index (χ1) is 16.2. The Hall–Kier alpha value is -2.71. The van der Waals surface area contributed by atoms with Gasteiger partial charge in [-0.1, -0.05) is 61.4 Å². The molecule has 0 aliphatic heterocycles. The highest BCUT2D eigenvalue weighted by atomic mass is 32.2. The number of unbranched alkanes of at least 4 members (excludes halogenated alkanes) is 1. The van der Waals surface area contributed by atoms with Crippen LogP contribution in [0.1, 0.15) is 50.7 Å². The second-order valence-electron chi connectivity index (χ2n) is 8.57. The fraction of sp³-hybridized carbons (Fsp3) is 0.462. The molecule has 1 N–H and O–H groups in total. The molecular formula is C26H37N3O4S. The van der Waals surface area contributed by atoms with Crippen LogP contribution in [0.5, 0.6) is 0 Å². The van der Waals surface area contributed by atoms with E-state index in [0.29, 0.717) is 19.5 Å². The molecule has 0 heterocycles. The van der Waals surface area contributed by atoms with Gasteiger partial charge in [0, 0.05) is 33.1 Å². The smallest absolute Gasteiger partial charge is 0.242 e. The molecule has 0 aliphatic rings. The van der Waals surface area contributed by atoms with E-state index in [9.17, 15) is 18.0 Å². The molecule has 2 amide bonds. The van der Waals surface area contributed by atoms with Gasteiger partial charge < -0.3 is 10.2 Å². The largest absolute Gasteiger partial charge is 0.354 e. The summed E-state index contributed by atoms with van der Waals surface area (Å²) in [5, 5.41) is 2.91. The number of carbonyl (C=O) groups is 2. The van der Waals surface area contributed by atoms with Crippen LogP contribution in [0.25, 0.3) is 0 Å². The number of nitrogens with one attached hydrogen (secondary N) is 1. The van der Waals surface area contributed by atoms with Crippen LogP contribution < -0.4 is 5.32 Å². The number of aryl methyl sites for hydroxylation is 1. The fourth-order valence-corrected chi connectivity index (χ4v) is 4.73. The number of hydrogen-bond acceptors (Lipinski definition) is 4. The SMILES string of the molecule is CCCCNC(=O)[C@@H](C)N(Cc1ccc(C)cc1)C(=O)CCCN(C)S(=O)(=O)c1ccccc1. The Bertz CT molecular complexity index is 1020. The second kappa shape index (κ2) is 13.2. The minimum atomic E-state index is -3.61. The highest BCUT2D eigenvalue weighted by Crippen LogP contribution is 2.16. The molecule has 1 atom stereocenters. The summed E-state index contributed by atoms with van der Waals surface area (Å²) < 4.78 is 26.7. The summed E-state index contributed by atoms with van der Waals surface area (Å²) >= 11 is 0. The predicted molar refractivity (Wildman–Crippen MR) is 135 cm³/mol. The van der Waals surface area contributed by atoms with Crippen molar-refractivity contribution in [2.24, 2.45) is 0 Å². The van der Waals surface area contributed by atoms with Crippen LogP contribution in [0.15, 0.2) is 59.5 Å². The molecule has 0 aliphatic carbocycles. The Kier molecular flexibility index (Phi) is 10.7. The van der Waals surface area contributed by atoms with Gasteiger partial charge in [-0.2, -0.15) is 0 Å². The van der Waals surface area contributed by atoms with Crippen LogP contribution >= 0.6 is 0 Å². The number of rotatable bonds is 13. The van der Waals surface area contributed by atoms with Crippen molar-refractivity contribution >= 4 is 21.8 Å². The van der Waals surface area contributed by atoms with E-state index in [2.05, 4.69) is 12.2 Å². The molecule has 0 unspecified atom stereocenters. The summed E-state index contributed by atoms with van der Waals surface area (Å²) in [5.41, 5.74) is 2.06. The summed E-state index contributed by atoms with van der Waals surface area (Å²) in [6, 6.07) is 15.5. The molecular weight excluding hydrogens is 450 g/mol. The molecule has 2 aromatic rings. The van der Waals surface area contributed by atoms with Crippen molar-refractivity contribution in [1.29, 1.82) is 0 Å². The van der Waals surface area contributed by atoms with Gasteiger partial charge in [-0.3, -0.25) is 9.59 Å². The lowest BCUT2D eigenvalue weighted by Crippen LogP contribution is -2.47. The van der Waals surface area contributed by atoms with Crippen molar-refractivity contribution in [3.63, 3.8) is 0 Å². The first-order valence-corrected chi connectivity index (χ1v) is 13.2. The Balaban J connectivity index is 2.05. The number of nitrogens with zero attached hydrogens (tertiary/aromatic N) is 2. The summed E-state index contributed by atoms with van der Waals surface area (Å²) in [4.78, 5) is 27.7. The molecule has 34 heavy (non-hydrogen) atoms. The maximum atomic E-state index is 13.2. The molecule has 0 aromatic heterocycles. The average Bonchev–Trinajstić information content (AvgIpc) is 2.83. The van der Waals surface area contributed by atoms with E-state index in [-0.39, 0.29) is 29.7 Å². The van der Waals surface area contributed by atoms with Crippen LogP contribution in [-0.2, 0) is 26.2 Å². The first kappa shape index (κ1) is 27.5. The Morgan fingerprint density at radius 1 is 1.00 bits per heavy atom. The third kappa shape index (κ3) is 7.95. The number of sulfonamides is 1. The number of amides is 2. The van der Waals surface area contributed by atoms with Crippen LogP contribution in [0.2, 0.25) is 0 Å². The lowest BCUT2D eigenvalue weighted by atomic mass is 10.1. The number of carbonyl (C=O) groups excluding carboxylic acids is 2. The molecule has 2 rings (SSSR count). The molecule has 0 spiro atoms. The zero-order valence-corrected chi connectivity index (χ0v) is 21.5. The van der Waals surface area contributed by atoms with Crippen LogP contribution in [0, 0.1) is 6.92 Å². The van der Waals surface area contributed by atoms with E-state index in [1.807, 2.05) is 31.2 Å². The van der Waals surface area contributed by atoms with Crippen molar-refractivity contribution < 1.29 is 18.0 Å². The highest BCUT2D eigenvalue weighted by Gasteiger charge is 2.26. The third-order valence-corrected chi connectivity index (χ3v) is 7.66. The molecule has 7 nitrogen and oxygen atoms in total. The maximum Gasteiger partial charge on any atom is 0.242 e. The molecule has 186 valence electrons. The molecule has 0 saturated carbocycles. The quantitative estimate of drug-likeness (QED) is 0.436. The monoisotopic (exact) mass is 487 g/mol. The van der Waals surface area contributed by atoms with Crippen molar-refractivity contribution in [2.75, 3.05) is 20.1 Å². The molecule has 0 saturated heterocycles. The molecule has 0 bridgehead atoms. The van der Waals surface area contributed by atoms with E-state index in [4.69, 9.17) is 0 Å². The third-order valence-electron chi connectivity index (χ3n) is 5.79. The average molecular weight is 488 g/mol. The predicted octanol–water partition coefficient (Wildman–Crippen LogP) is 3.73. The van der Waals surface area contributed by atoms with Crippen LogP contribution in [0.3, 0.4) is 0 Å². The lowest BCUT2D eigenvalue weighted by molar-refractivity contribution is -0.140. The Morgan fingerprint density at radius 3 is 2.26 bits per heavy atom. The van der Waals surface area contributed by atoms with Gasteiger partial charge in [0.2, 0.25) is 21.8 Å². The zero-order valence-electron chi connectivity index (χ0n) is 20.7. The van der Waals surface area contributed by atoms with Gasteiger partial charge in [-0.05, 0) is 44.4 Å². The van der Waals surface area contributed by atoms with E-state index < -0.39 is 16.1 Å². The fourth-order valence-electron chi connectivity index (χ4n) is 3.50. The minimum absolute atomic E-state index is 0.146. The highest BCUT2D eigenvalue weighted by molar-refractivity contribution is 7.89. The van der Waals surface area contributed by atoms with Gasteiger partial charge in [0.1, 0.15) is 6.04 Å². The topological polar surface area (TPSA) is 86.8 Å². The van der Waals surface area contributed by atoms with Crippen LogP contribution in [-0.4, -0.2) is 55.6 Å². The molecule has 0 fully saturated rings. The minimum Gasteiger partial charge on any atom is -0.354 e. The summed E-state index contributed by atoms with van der Waals surface area (Å²) in [6.07, 6.45) is 2.36. The molecule has 0 radical (unpaired) electrons. The summed E-state index contributed by atoms with van der Waals surface area (Å²) in [6.45, 7) is 6.89. The number of benzene rings is 2.